The monoisotopic (exact) mass is 382 g/mol. The molecule has 1 aliphatic heterocycles. The molecule has 0 spiro atoms. The van der Waals surface area contributed by atoms with Crippen molar-refractivity contribution in [2.75, 3.05) is 6.61 Å². The van der Waals surface area contributed by atoms with Gasteiger partial charge in [0.1, 0.15) is 5.60 Å². The van der Waals surface area contributed by atoms with Crippen LogP contribution in [0.1, 0.15) is 40.3 Å². The summed E-state index contributed by atoms with van der Waals surface area (Å²) in [5.41, 5.74) is 6.12. The second kappa shape index (κ2) is 6.29. The third kappa shape index (κ3) is 2.63. The minimum Gasteiger partial charge on any atom is -0.388 e. The fraction of sp³-hybridized carbons (Fsp3) is 0.333. The van der Waals surface area contributed by atoms with Gasteiger partial charge in [-0.05, 0) is 59.4 Å². The van der Waals surface area contributed by atoms with Crippen molar-refractivity contribution in [3.05, 3.63) is 107 Å². The first-order valence-electron chi connectivity index (χ1n) is 10.7. The molecule has 1 saturated heterocycles. The summed E-state index contributed by atoms with van der Waals surface area (Å²) in [5.74, 6) is 0.423. The van der Waals surface area contributed by atoms with Gasteiger partial charge in [-0.15, -0.1) is 0 Å². The Balaban J connectivity index is 1.42. The third-order valence-corrected chi connectivity index (χ3v) is 7.69. The van der Waals surface area contributed by atoms with Crippen LogP contribution in [-0.2, 0) is 29.6 Å². The smallest absolute Gasteiger partial charge is 0.117 e. The zero-order valence-corrected chi connectivity index (χ0v) is 16.6. The van der Waals surface area contributed by atoms with E-state index in [-0.39, 0.29) is 11.0 Å². The van der Waals surface area contributed by atoms with Gasteiger partial charge in [-0.25, -0.2) is 0 Å². The van der Waals surface area contributed by atoms with Crippen LogP contribution in [-0.4, -0.2) is 11.7 Å². The van der Waals surface area contributed by atoms with Gasteiger partial charge in [0.25, 0.3) is 0 Å². The van der Waals surface area contributed by atoms with Crippen molar-refractivity contribution in [2.45, 2.75) is 37.4 Å². The molecule has 3 aromatic carbocycles. The topological polar surface area (TPSA) is 32.8 Å². The summed E-state index contributed by atoms with van der Waals surface area (Å²) in [4.78, 5) is 0. The second-order valence-electron chi connectivity index (χ2n) is 9.21. The Kier molecular flexibility index (Phi) is 3.78. The lowest BCUT2D eigenvalue weighted by atomic mass is 9.64. The van der Waals surface area contributed by atoms with Gasteiger partial charge in [0.2, 0.25) is 0 Å². The molecule has 3 aliphatic rings. The molecule has 0 bridgehead atoms. The molecule has 0 radical (unpaired) electrons. The second-order valence-corrected chi connectivity index (χ2v) is 9.21. The van der Waals surface area contributed by atoms with Crippen LogP contribution < -0.4 is 0 Å². The average Bonchev–Trinajstić information content (AvgIpc) is 3.31. The molecule has 2 aliphatic carbocycles. The third-order valence-electron chi connectivity index (χ3n) is 7.69. The molecular weight excluding hydrogens is 356 g/mol. The van der Waals surface area contributed by atoms with Crippen molar-refractivity contribution < 1.29 is 9.84 Å². The number of hydrogen-bond donors (Lipinski definition) is 1. The Morgan fingerprint density at radius 3 is 2.00 bits per heavy atom. The van der Waals surface area contributed by atoms with Crippen LogP contribution in [0.5, 0.6) is 0 Å². The molecule has 0 amide bonds. The quantitative estimate of drug-likeness (QED) is 0.645. The molecule has 1 fully saturated rings. The molecule has 2 heteroatoms. The highest BCUT2D eigenvalue weighted by molar-refractivity contribution is 5.41. The van der Waals surface area contributed by atoms with Crippen molar-refractivity contribution in [1.82, 2.24) is 0 Å². The van der Waals surface area contributed by atoms with E-state index in [9.17, 15) is 5.11 Å². The maximum absolute atomic E-state index is 11.7. The molecule has 1 N–H and O–H groups in total. The standard InChI is InChI=1S/C27H26O2/c28-25-24-13-7-6-10-21(24)16-26(25,23-14-19-8-4-5-9-20(19)15-23)17-27(18-29-27)22-11-2-1-3-12-22/h1-13,23,25,28H,14-18H2. The Morgan fingerprint density at radius 2 is 1.38 bits per heavy atom. The summed E-state index contributed by atoms with van der Waals surface area (Å²) < 4.78 is 6.14. The minimum absolute atomic E-state index is 0.199. The predicted octanol–water partition coefficient (Wildman–Crippen LogP) is 4.99. The number of benzene rings is 3. The summed E-state index contributed by atoms with van der Waals surface area (Å²) in [6, 6.07) is 27.9. The minimum atomic E-state index is -0.442. The molecular formula is C27H26O2. The number of hydrogen-bond acceptors (Lipinski definition) is 2. The zero-order valence-electron chi connectivity index (χ0n) is 16.6. The van der Waals surface area contributed by atoms with Crippen LogP contribution in [0.3, 0.4) is 0 Å². The summed E-state index contributed by atoms with van der Waals surface area (Å²) in [7, 11) is 0. The van der Waals surface area contributed by atoms with Gasteiger partial charge < -0.3 is 9.84 Å². The Bertz CT molecular complexity index is 1030. The molecule has 1 heterocycles. The highest BCUT2D eigenvalue weighted by Crippen LogP contribution is 2.61. The van der Waals surface area contributed by atoms with Gasteiger partial charge >= 0.3 is 0 Å². The SMILES string of the molecule is OC1c2ccccc2CC1(CC1(c2ccccc2)CO1)C1Cc2ccccc2C1. The maximum Gasteiger partial charge on any atom is 0.117 e. The van der Waals surface area contributed by atoms with Crippen molar-refractivity contribution in [3.8, 4) is 0 Å². The van der Waals surface area contributed by atoms with E-state index in [4.69, 9.17) is 4.74 Å². The lowest BCUT2D eigenvalue weighted by Crippen LogP contribution is -2.39. The van der Waals surface area contributed by atoms with Crippen molar-refractivity contribution in [2.24, 2.45) is 11.3 Å². The first-order valence-corrected chi connectivity index (χ1v) is 10.7. The fourth-order valence-electron chi connectivity index (χ4n) is 6.09. The van der Waals surface area contributed by atoms with E-state index in [2.05, 4.69) is 78.9 Å². The van der Waals surface area contributed by atoms with Gasteiger partial charge in [-0.3, -0.25) is 0 Å². The molecule has 0 aromatic heterocycles. The van der Waals surface area contributed by atoms with Crippen LogP contribution in [0, 0.1) is 11.3 Å². The van der Waals surface area contributed by atoms with Gasteiger partial charge in [-0.1, -0.05) is 78.9 Å². The van der Waals surface area contributed by atoms with Crippen LogP contribution in [0.25, 0.3) is 0 Å². The molecule has 146 valence electrons. The Hall–Kier alpha value is -2.42. The van der Waals surface area contributed by atoms with E-state index in [1.165, 1.54) is 22.3 Å². The number of aliphatic hydroxyl groups excluding tert-OH is 1. The van der Waals surface area contributed by atoms with Crippen LogP contribution in [0.15, 0.2) is 78.9 Å². The number of aliphatic hydroxyl groups is 1. The summed E-state index contributed by atoms with van der Waals surface area (Å²) >= 11 is 0. The first-order chi connectivity index (χ1) is 14.2. The van der Waals surface area contributed by atoms with Crippen molar-refractivity contribution in [3.63, 3.8) is 0 Å². The molecule has 3 atom stereocenters. The number of epoxide rings is 1. The van der Waals surface area contributed by atoms with E-state index in [1.807, 2.05) is 0 Å². The van der Waals surface area contributed by atoms with Crippen molar-refractivity contribution >= 4 is 0 Å². The lowest BCUT2D eigenvalue weighted by Gasteiger charge is -2.41. The largest absolute Gasteiger partial charge is 0.388 e. The van der Waals surface area contributed by atoms with Gasteiger partial charge in [-0.2, -0.15) is 0 Å². The molecule has 29 heavy (non-hydrogen) atoms. The molecule has 3 unspecified atom stereocenters. The lowest BCUT2D eigenvalue weighted by molar-refractivity contribution is -0.0306. The number of fused-ring (bicyclic) bond motifs is 2. The fourth-order valence-corrected chi connectivity index (χ4v) is 6.09. The molecule has 0 saturated carbocycles. The first kappa shape index (κ1) is 17.4. The van der Waals surface area contributed by atoms with E-state index >= 15 is 0 Å². The van der Waals surface area contributed by atoms with Gasteiger partial charge in [0.05, 0.1) is 12.7 Å². The van der Waals surface area contributed by atoms with Gasteiger partial charge in [0, 0.05) is 5.41 Å². The van der Waals surface area contributed by atoms with E-state index in [0.29, 0.717) is 5.92 Å². The van der Waals surface area contributed by atoms with E-state index < -0.39 is 6.10 Å². The molecule has 3 aromatic rings. The summed E-state index contributed by atoms with van der Waals surface area (Å²) in [6.45, 7) is 0.751. The van der Waals surface area contributed by atoms with Gasteiger partial charge in [0.15, 0.2) is 0 Å². The highest BCUT2D eigenvalue weighted by atomic mass is 16.6. The number of rotatable bonds is 4. The number of ether oxygens (including phenoxy) is 1. The van der Waals surface area contributed by atoms with Crippen LogP contribution in [0.4, 0.5) is 0 Å². The Labute approximate surface area is 172 Å². The molecule has 2 nitrogen and oxygen atoms in total. The van der Waals surface area contributed by atoms with Crippen molar-refractivity contribution in [1.29, 1.82) is 0 Å². The van der Waals surface area contributed by atoms with Crippen LogP contribution in [0.2, 0.25) is 0 Å². The zero-order chi connectivity index (χ0) is 19.5. The highest BCUT2D eigenvalue weighted by Gasteiger charge is 2.59. The molecule has 6 rings (SSSR count). The van der Waals surface area contributed by atoms with E-state index in [1.54, 1.807) is 0 Å². The predicted molar refractivity (Wildman–Crippen MR) is 114 cm³/mol. The average molecular weight is 383 g/mol. The van der Waals surface area contributed by atoms with E-state index in [0.717, 1.165) is 37.9 Å². The van der Waals surface area contributed by atoms with Crippen LogP contribution >= 0.6 is 0 Å². The maximum atomic E-state index is 11.7. The normalized spacial score (nSPS) is 30.2. The Morgan fingerprint density at radius 1 is 0.793 bits per heavy atom. The summed E-state index contributed by atoms with van der Waals surface area (Å²) in [5, 5.41) is 11.7. The summed E-state index contributed by atoms with van der Waals surface area (Å²) in [6.07, 6.45) is 3.46.